The van der Waals surface area contributed by atoms with Gasteiger partial charge in [0, 0.05) is 18.6 Å². The number of hydrogen-bond acceptors (Lipinski definition) is 3. The summed E-state index contributed by atoms with van der Waals surface area (Å²) in [5, 5.41) is 20.1. The highest BCUT2D eigenvalue weighted by molar-refractivity contribution is 5.72. The number of fused-ring (bicyclic) bond motifs is 1. The molecule has 1 aromatic rings. The Morgan fingerprint density at radius 1 is 1.57 bits per heavy atom. The third kappa shape index (κ3) is 1.20. The van der Waals surface area contributed by atoms with Crippen LogP contribution in [0.3, 0.4) is 0 Å². The molecule has 0 amide bonds. The van der Waals surface area contributed by atoms with Gasteiger partial charge >= 0.3 is 0 Å². The highest BCUT2D eigenvalue weighted by Crippen LogP contribution is 2.39. The number of nitro groups is 1. The second kappa shape index (κ2) is 2.92. The van der Waals surface area contributed by atoms with Crippen LogP contribution in [0.2, 0.25) is 0 Å². The molecule has 0 fully saturated rings. The van der Waals surface area contributed by atoms with Gasteiger partial charge in [-0.3, -0.25) is 10.1 Å². The number of nitro benzene ring substituents is 1. The average Bonchev–Trinajstić information content (AvgIpc) is 2.42. The molecule has 1 aliphatic rings. The molecule has 0 spiro atoms. The maximum absolute atomic E-state index is 10.5. The van der Waals surface area contributed by atoms with Crippen molar-refractivity contribution in [2.24, 2.45) is 0 Å². The van der Waals surface area contributed by atoms with E-state index in [0.717, 1.165) is 11.1 Å². The van der Waals surface area contributed by atoms with Gasteiger partial charge in [0.2, 0.25) is 0 Å². The van der Waals surface area contributed by atoms with Crippen molar-refractivity contribution >= 4 is 11.3 Å². The maximum atomic E-state index is 10.5. The lowest BCUT2D eigenvalue weighted by atomic mass is 10.1. The van der Waals surface area contributed by atoms with Gasteiger partial charge in [-0.05, 0) is 22.8 Å². The molecule has 4 heteroatoms. The summed E-state index contributed by atoms with van der Waals surface area (Å²) in [6.07, 6.45) is -0.173. The second-order valence-electron chi connectivity index (χ2n) is 3.35. The predicted molar refractivity (Wildman–Crippen MR) is 51.7 cm³/mol. The molecule has 1 aromatic carbocycles. The van der Waals surface area contributed by atoms with Crippen LogP contribution < -0.4 is 0 Å². The van der Waals surface area contributed by atoms with Crippen molar-refractivity contribution in [1.29, 1.82) is 0 Å². The predicted octanol–water partition coefficient (Wildman–Crippen LogP) is 2.05. The Labute approximate surface area is 80.6 Å². The number of hydrogen-bond donors (Lipinski definition) is 1. The van der Waals surface area contributed by atoms with E-state index in [1.54, 1.807) is 6.07 Å². The van der Waals surface area contributed by atoms with Crippen LogP contribution in [0.15, 0.2) is 24.8 Å². The van der Waals surface area contributed by atoms with Crippen LogP contribution in [-0.4, -0.2) is 10.0 Å². The summed E-state index contributed by atoms with van der Waals surface area (Å²) in [6, 6.07) is 4.49. The van der Waals surface area contributed by atoms with Crippen molar-refractivity contribution < 1.29 is 10.0 Å². The molecule has 14 heavy (non-hydrogen) atoms. The fourth-order valence-electron chi connectivity index (χ4n) is 1.71. The zero-order valence-electron chi connectivity index (χ0n) is 7.43. The summed E-state index contributed by atoms with van der Waals surface area (Å²) >= 11 is 0. The fourth-order valence-corrected chi connectivity index (χ4v) is 1.71. The molecule has 0 aliphatic heterocycles. The van der Waals surface area contributed by atoms with Crippen molar-refractivity contribution in [2.75, 3.05) is 0 Å². The first kappa shape index (κ1) is 8.90. The monoisotopic (exact) mass is 191 g/mol. The summed E-state index contributed by atoms with van der Waals surface area (Å²) in [4.78, 5) is 10.0. The van der Waals surface area contributed by atoms with Crippen molar-refractivity contribution in [3.8, 4) is 0 Å². The Morgan fingerprint density at radius 3 is 2.93 bits per heavy atom. The van der Waals surface area contributed by atoms with E-state index in [9.17, 15) is 15.2 Å². The molecule has 0 saturated carbocycles. The van der Waals surface area contributed by atoms with E-state index >= 15 is 0 Å². The highest BCUT2D eigenvalue weighted by atomic mass is 16.6. The molecule has 1 aliphatic carbocycles. The normalized spacial score (nSPS) is 19.5. The number of rotatable bonds is 1. The summed E-state index contributed by atoms with van der Waals surface area (Å²) in [6.45, 7) is 3.79. The van der Waals surface area contributed by atoms with Crippen LogP contribution in [0.25, 0.3) is 5.57 Å². The molecule has 1 unspecified atom stereocenters. The average molecular weight is 191 g/mol. The highest BCUT2D eigenvalue weighted by Gasteiger charge is 2.25. The first-order chi connectivity index (χ1) is 6.59. The zero-order valence-corrected chi connectivity index (χ0v) is 7.43. The lowest BCUT2D eigenvalue weighted by molar-refractivity contribution is -0.385. The van der Waals surface area contributed by atoms with Gasteiger partial charge in [-0.1, -0.05) is 6.58 Å². The van der Waals surface area contributed by atoms with Crippen LogP contribution in [0, 0.1) is 10.1 Å². The van der Waals surface area contributed by atoms with E-state index in [1.165, 1.54) is 12.1 Å². The summed E-state index contributed by atoms with van der Waals surface area (Å²) in [7, 11) is 0. The van der Waals surface area contributed by atoms with Crippen molar-refractivity contribution in [2.45, 2.75) is 12.5 Å². The Morgan fingerprint density at radius 2 is 2.29 bits per heavy atom. The van der Waals surface area contributed by atoms with Crippen LogP contribution in [0.1, 0.15) is 23.7 Å². The van der Waals surface area contributed by atoms with Crippen molar-refractivity contribution in [1.82, 2.24) is 0 Å². The lowest BCUT2D eigenvalue weighted by Gasteiger charge is -2.01. The zero-order chi connectivity index (χ0) is 10.3. The number of nitrogens with zero attached hydrogens (tertiary/aromatic N) is 1. The van der Waals surface area contributed by atoms with E-state index < -0.39 is 11.0 Å². The van der Waals surface area contributed by atoms with Gasteiger partial charge in [0.25, 0.3) is 5.69 Å². The lowest BCUT2D eigenvalue weighted by Crippen LogP contribution is -1.93. The quantitative estimate of drug-likeness (QED) is 0.545. The van der Waals surface area contributed by atoms with Crippen molar-refractivity contribution in [3.05, 3.63) is 46.0 Å². The van der Waals surface area contributed by atoms with Gasteiger partial charge in [-0.2, -0.15) is 0 Å². The minimum absolute atomic E-state index is 0.0116. The standard InChI is InChI=1S/C10H9NO3/c1-6-4-10(12)9-5-7(11(13)14)2-3-8(6)9/h2-3,5,10,12H,1,4H2. The summed E-state index contributed by atoms with van der Waals surface area (Å²) < 4.78 is 0. The largest absolute Gasteiger partial charge is 0.388 e. The third-order valence-electron chi connectivity index (χ3n) is 2.43. The first-order valence-corrected chi connectivity index (χ1v) is 4.24. The van der Waals surface area contributed by atoms with Crippen LogP contribution >= 0.6 is 0 Å². The van der Waals surface area contributed by atoms with Crippen LogP contribution in [-0.2, 0) is 0 Å². The molecule has 72 valence electrons. The van der Waals surface area contributed by atoms with Gasteiger partial charge in [0.05, 0.1) is 11.0 Å². The number of aliphatic hydroxyl groups is 1. The fraction of sp³-hybridized carbons (Fsp3) is 0.200. The molecule has 0 bridgehead atoms. The molecule has 2 rings (SSSR count). The SMILES string of the molecule is C=C1CC(O)c2cc([N+](=O)[O-])ccc21. The topological polar surface area (TPSA) is 63.4 Å². The first-order valence-electron chi connectivity index (χ1n) is 4.24. The molecule has 0 aromatic heterocycles. The van der Waals surface area contributed by atoms with E-state index in [0.29, 0.717) is 12.0 Å². The molecule has 4 nitrogen and oxygen atoms in total. The minimum Gasteiger partial charge on any atom is -0.388 e. The van der Waals surface area contributed by atoms with E-state index in [2.05, 4.69) is 6.58 Å². The van der Waals surface area contributed by atoms with E-state index in [4.69, 9.17) is 0 Å². The minimum atomic E-state index is -0.641. The smallest absolute Gasteiger partial charge is 0.269 e. The van der Waals surface area contributed by atoms with Crippen LogP contribution in [0.4, 0.5) is 5.69 Å². The molecule has 0 heterocycles. The summed E-state index contributed by atoms with van der Waals surface area (Å²) in [5.41, 5.74) is 2.30. The van der Waals surface area contributed by atoms with Gasteiger partial charge in [0.1, 0.15) is 0 Å². The third-order valence-corrected chi connectivity index (χ3v) is 2.43. The molecule has 1 N–H and O–H groups in total. The molecule has 1 atom stereocenters. The maximum Gasteiger partial charge on any atom is 0.269 e. The van der Waals surface area contributed by atoms with E-state index in [1.807, 2.05) is 0 Å². The number of aliphatic hydroxyl groups excluding tert-OH is 1. The van der Waals surface area contributed by atoms with E-state index in [-0.39, 0.29) is 5.69 Å². The molecular weight excluding hydrogens is 182 g/mol. The van der Waals surface area contributed by atoms with Gasteiger partial charge in [-0.25, -0.2) is 0 Å². The van der Waals surface area contributed by atoms with Gasteiger partial charge in [-0.15, -0.1) is 0 Å². The Bertz CT molecular complexity index is 425. The molecule has 0 saturated heterocycles. The number of non-ortho nitro benzene ring substituents is 1. The number of benzene rings is 1. The van der Waals surface area contributed by atoms with Crippen LogP contribution in [0.5, 0.6) is 0 Å². The molecular formula is C10H9NO3. The van der Waals surface area contributed by atoms with Gasteiger partial charge in [0.15, 0.2) is 0 Å². The summed E-state index contributed by atoms with van der Waals surface area (Å²) in [5.74, 6) is 0. The Balaban J connectivity index is 2.55. The Hall–Kier alpha value is -1.68. The van der Waals surface area contributed by atoms with Crippen molar-refractivity contribution in [3.63, 3.8) is 0 Å². The van der Waals surface area contributed by atoms with Gasteiger partial charge < -0.3 is 5.11 Å². The Kier molecular flexibility index (Phi) is 1.86. The molecule has 0 radical (unpaired) electrons. The second-order valence-corrected chi connectivity index (χ2v) is 3.35.